The van der Waals surface area contributed by atoms with Crippen LogP contribution in [0.15, 0.2) is 82.4 Å². The number of methoxy groups -OCH3 is 1. The van der Waals surface area contributed by atoms with Gasteiger partial charge >= 0.3 is 0 Å². The number of hydrogen-bond donors (Lipinski definition) is 0. The number of hydrogen-bond acceptors (Lipinski definition) is 10. The molecule has 0 radical (unpaired) electrons. The summed E-state index contributed by atoms with van der Waals surface area (Å²) < 4.78 is 19.0. The Balaban J connectivity index is 1.32. The van der Waals surface area contributed by atoms with E-state index in [1.54, 1.807) is 20.2 Å². The molecule has 0 aliphatic rings. The Labute approximate surface area is 218 Å². The van der Waals surface area contributed by atoms with Crippen molar-refractivity contribution in [1.82, 2.24) is 30.4 Å². The number of nitrogens with zero attached hydrogens (tertiary/aromatic N) is 7. The summed E-state index contributed by atoms with van der Waals surface area (Å²) in [6.45, 7) is 2.04. The van der Waals surface area contributed by atoms with Gasteiger partial charge < -0.3 is 18.7 Å². The Hall–Kier alpha value is -5.06. The standard InChI is InChI=1S/C27H25N7O4/c1-4-18-10-8-9-13-22(18)37-20-14-15-21(23(16-20)35-3)27-30-28-24(38-27)17-36-31-25(19-11-6-5-7-12-19)26-29-32-33-34(26)2/h5-16H,4,17H2,1-3H3/b31-25-. The van der Waals surface area contributed by atoms with Crippen LogP contribution in [0.5, 0.6) is 17.2 Å². The predicted molar refractivity (Wildman–Crippen MR) is 138 cm³/mol. The van der Waals surface area contributed by atoms with Crippen LogP contribution in [-0.4, -0.2) is 43.2 Å². The topological polar surface area (TPSA) is 123 Å². The van der Waals surface area contributed by atoms with Gasteiger partial charge in [0, 0.05) is 18.7 Å². The lowest BCUT2D eigenvalue weighted by atomic mass is 10.1. The predicted octanol–water partition coefficient (Wildman–Crippen LogP) is 4.59. The van der Waals surface area contributed by atoms with Gasteiger partial charge in [0.15, 0.2) is 12.3 Å². The summed E-state index contributed by atoms with van der Waals surface area (Å²) in [5, 5.41) is 24.1. The third-order valence-corrected chi connectivity index (χ3v) is 5.67. The number of benzene rings is 3. The van der Waals surface area contributed by atoms with Gasteiger partial charge in [-0.05, 0) is 40.6 Å². The lowest BCUT2D eigenvalue weighted by Crippen LogP contribution is -2.12. The monoisotopic (exact) mass is 511 g/mol. The van der Waals surface area contributed by atoms with Crippen molar-refractivity contribution < 1.29 is 18.7 Å². The first kappa shape index (κ1) is 24.6. The summed E-state index contributed by atoms with van der Waals surface area (Å²) in [5.74, 6) is 2.95. The van der Waals surface area contributed by atoms with E-state index in [0.29, 0.717) is 28.6 Å². The largest absolute Gasteiger partial charge is 0.496 e. The summed E-state index contributed by atoms with van der Waals surface area (Å²) in [4.78, 5) is 5.56. The zero-order valence-electron chi connectivity index (χ0n) is 21.1. The number of ether oxygens (including phenoxy) is 2. The van der Waals surface area contributed by atoms with Crippen molar-refractivity contribution in [2.75, 3.05) is 7.11 Å². The third-order valence-electron chi connectivity index (χ3n) is 5.67. The van der Waals surface area contributed by atoms with Crippen molar-refractivity contribution in [3.8, 4) is 28.7 Å². The first-order chi connectivity index (χ1) is 18.7. The minimum atomic E-state index is -0.0497. The maximum Gasteiger partial charge on any atom is 0.257 e. The first-order valence-electron chi connectivity index (χ1n) is 11.9. The van der Waals surface area contributed by atoms with Crippen molar-refractivity contribution in [1.29, 1.82) is 0 Å². The molecule has 5 aromatic rings. The van der Waals surface area contributed by atoms with E-state index in [-0.39, 0.29) is 18.4 Å². The van der Waals surface area contributed by atoms with Gasteiger partial charge in [-0.15, -0.1) is 15.3 Å². The molecule has 0 amide bonds. The van der Waals surface area contributed by atoms with Gasteiger partial charge in [0.05, 0.1) is 12.7 Å². The number of aromatic nitrogens is 6. The molecule has 5 rings (SSSR count). The molecular formula is C27H25N7O4. The first-order valence-corrected chi connectivity index (χ1v) is 11.9. The number of aryl methyl sites for hydroxylation is 2. The third kappa shape index (κ3) is 5.36. The van der Waals surface area contributed by atoms with Crippen LogP contribution in [0.25, 0.3) is 11.5 Å². The average molecular weight is 512 g/mol. The Bertz CT molecular complexity index is 1550. The zero-order valence-corrected chi connectivity index (χ0v) is 21.1. The van der Waals surface area contributed by atoms with E-state index >= 15 is 0 Å². The fourth-order valence-electron chi connectivity index (χ4n) is 3.76. The lowest BCUT2D eigenvalue weighted by molar-refractivity contribution is 0.111. The van der Waals surface area contributed by atoms with Crippen LogP contribution in [0.2, 0.25) is 0 Å². The molecule has 0 aliphatic carbocycles. The summed E-state index contributed by atoms with van der Waals surface area (Å²) in [7, 11) is 3.30. The summed E-state index contributed by atoms with van der Waals surface area (Å²) in [6, 6.07) is 22.8. The number of rotatable bonds is 10. The maximum atomic E-state index is 6.09. The Morgan fingerprint density at radius 1 is 0.947 bits per heavy atom. The van der Waals surface area contributed by atoms with Gasteiger partial charge in [-0.1, -0.05) is 60.6 Å². The van der Waals surface area contributed by atoms with Gasteiger partial charge in [-0.3, -0.25) is 0 Å². The molecule has 2 heterocycles. The number of oxime groups is 1. The van der Waals surface area contributed by atoms with Crippen LogP contribution in [0.3, 0.4) is 0 Å². The summed E-state index contributed by atoms with van der Waals surface area (Å²) >= 11 is 0. The van der Waals surface area contributed by atoms with Crippen LogP contribution >= 0.6 is 0 Å². The fourth-order valence-corrected chi connectivity index (χ4v) is 3.76. The Kier molecular flexibility index (Phi) is 7.34. The molecule has 3 aromatic carbocycles. The molecule has 0 saturated heterocycles. The second-order valence-electron chi connectivity index (χ2n) is 8.13. The maximum absolute atomic E-state index is 6.09. The highest BCUT2D eigenvalue weighted by Crippen LogP contribution is 2.35. The molecule has 0 N–H and O–H groups in total. The molecule has 0 spiro atoms. The quantitative estimate of drug-likeness (QED) is 0.196. The van der Waals surface area contributed by atoms with E-state index in [0.717, 1.165) is 23.3 Å². The van der Waals surface area contributed by atoms with Crippen LogP contribution in [0.4, 0.5) is 0 Å². The molecule has 11 nitrogen and oxygen atoms in total. The van der Waals surface area contributed by atoms with Crippen molar-refractivity contribution in [2.45, 2.75) is 20.0 Å². The van der Waals surface area contributed by atoms with Crippen molar-refractivity contribution in [3.05, 3.63) is 95.6 Å². The van der Waals surface area contributed by atoms with Crippen molar-refractivity contribution >= 4 is 5.71 Å². The van der Waals surface area contributed by atoms with E-state index in [9.17, 15) is 0 Å². The van der Waals surface area contributed by atoms with Crippen LogP contribution in [0.1, 0.15) is 29.8 Å². The highest BCUT2D eigenvalue weighted by molar-refractivity contribution is 6.10. The van der Waals surface area contributed by atoms with E-state index in [2.05, 4.69) is 37.8 Å². The minimum Gasteiger partial charge on any atom is -0.496 e. The van der Waals surface area contributed by atoms with Crippen LogP contribution in [-0.2, 0) is 24.9 Å². The zero-order chi connectivity index (χ0) is 26.3. The molecule has 0 saturated carbocycles. The minimum absolute atomic E-state index is 0.0497. The van der Waals surface area contributed by atoms with Crippen molar-refractivity contribution in [3.63, 3.8) is 0 Å². The number of tetrazole rings is 1. The molecule has 38 heavy (non-hydrogen) atoms. The van der Waals surface area contributed by atoms with E-state index in [1.807, 2.05) is 66.7 Å². The molecule has 0 aliphatic heterocycles. The number of para-hydroxylation sites is 1. The highest BCUT2D eigenvalue weighted by Gasteiger charge is 2.17. The van der Waals surface area contributed by atoms with Gasteiger partial charge in [0.2, 0.25) is 5.82 Å². The van der Waals surface area contributed by atoms with E-state index in [4.69, 9.17) is 18.7 Å². The molecule has 0 atom stereocenters. The molecule has 2 aromatic heterocycles. The molecular weight excluding hydrogens is 486 g/mol. The lowest BCUT2D eigenvalue weighted by Gasteiger charge is -2.12. The van der Waals surface area contributed by atoms with Crippen molar-refractivity contribution in [2.24, 2.45) is 12.2 Å². The Morgan fingerprint density at radius 3 is 2.53 bits per heavy atom. The van der Waals surface area contributed by atoms with Gasteiger partial charge in [0.1, 0.15) is 17.2 Å². The van der Waals surface area contributed by atoms with Gasteiger partial charge in [0.25, 0.3) is 11.8 Å². The SMILES string of the molecule is CCc1ccccc1Oc1ccc(-c2nnc(CO/N=C(/c3ccccc3)c3nnnn3C)o2)c(OC)c1. The van der Waals surface area contributed by atoms with E-state index in [1.165, 1.54) is 4.68 Å². The van der Waals surface area contributed by atoms with Crippen LogP contribution in [0, 0.1) is 0 Å². The second kappa shape index (κ2) is 11.3. The van der Waals surface area contributed by atoms with E-state index < -0.39 is 0 Å². The Morgan fingerprint density at radius 2 is 1.76 bits per heavy atom. The summed E-state index contributed by atoms with van der Waals surface area (Å²) in [6.07, 6.45) is 0.866. The highest BCUT2D eigenvalue weighted by atomic mass is 16.6. The molecule has 0 unspecified atom stereocenters. The second-order valence-corrected chi connectivity index (χ2v) is 8.13. The fraction of sp³-hybridized carbons (Fsp3) is 0.185. The molecule has 11 heteroatoms. The normalized spacial score (nSPS) is 11.4. The smallest absolute Gasteiger partial charge is 0.257 e. The summed E-state index contributed by atoms with van der Waals surface area (Å²) in [5.41, 5.74) is 3.01. The average Bonchev–Trinajstić information content (AvgIpc) is 3.61. The molecule has 0 fully saturated rings. The van der Waals surface area contributed by atoms with Gasteiger partial charge in [-0.25, -0.2) is 4.68 Å². The van der Waals surface area contributed by atoms with Gasteiger partial charge in [-0.2, -0.15) is 0 Å². The molecule has 192 valence electrons. The molecule has 0 bridgehead atoms. The van der Waals surface area contributed by atoms with Crippen LogP contribution < -0.4 is 9.47 Å².